The van der Waals surface area contributed by atoms with Gasteiger partial charge in [0, 0.05) is 11.3 Å². The van der Waals surface area contributed by atoms with Crippen LogP contribution in [0.1, 0.15) is 17.2 Å². The molecule has 3 aromatic rings. The van der Waals surface area contributed by atoms with Crippen molar-refractivity contribution in [1.82, 2.24) is 0 Å². The van der Waals surface area contributed by atoms with Crippen LogP contribution in [0, 0.1) is 5.82 Å². The Morgan fingerprint density at radius 2 is 1.39 bits per heavy atom. The van der Waals surface area contributed by atoms with Gasteiger partial charge in [0.25, 0.3) is 11.7 Å². The molecule has 0 radical (unpaired) electrons. The van der Waals surface area contributed by atoms with Crippen LogP contribution in [0.25, 0.3) is 5.76 Å². The molecule has 0 unspecified atom stereocenters. The molecule has 0 aromatic heterocycles. The van der Waals surface area contributed by atoms with E-state index in [1.807, 2.05) is 6.07 Å². The summed E-state index contributed by atoms with van der Waals surface area (Å²) in [5.74, 6) is -2.23. The number of carbonyl (C=O) groups excluding carboxylic acids is 2. The molecule has 0 spiro atoms. The van der Waals surface area contributed by atoms with Gasteiger partial charge in [-0.25, -0.2) is 4.39 Å². The number of nitrogens with zero attached hydrogens (tertiary/aromatic N) is 1. The maximum Gasteiger partial charge on any atom is 0.300 e. The third kappa shape index (κ3) is 2.97. The lowest BCUT2D eigenvalue weighted by Gasteiger charge is -2.25. The van der Waals surface area contributed by atoms with Gasteiger partial charge in [0.1, 0.15) is 11.6 Å². The molecule has 1 heterocycles. The highest BCUT2D eigenvalue weighted by Crippen LogP contribution is 2.41. The molecule has 0 saturated carbocycles. The largest absolute Gasteiger partial charge is 0.507 e. The number of hydrogen-bond donors (Lipinski definition) is 1. The summed E-state index contributed by atoms with van der Waals surface area (Å²) in [5.41, 5.74) is 1.50. The summed E-state index contributed by atoms with van der Waals surface area (Å²) in [6.07, 6.45) is 0. The van der Waals surface area contributed by atoms with Crippen LogP contribution in [0.5, 0.6) is 0 Å². The molecule has 28 heavy (non-hydrogen) atoms. The number of aliphatic hydroxyl groups is 1. The summed E-state index contributed by atoms with van der Waals surface area (Å²) in [7, 11) is 0. The van der Waals surface area contributed by atoms with Gasteiger partial charge in [-0.2, -0.15) is 0 Å². The van der Waals surface area contributed by atoms with E-state index in [2.05, 4.69) is 0 Å². The lowest BCUT2D eigenvalue weighted by atomic mass is 9.95. The summed E-state index contributed by atoms with van der Waals surface area (Å²) in [4.78, 5) is 27.0. The Morgan fingerprint density at radius 3 is 2.00 bits per heavy atom. The van der Waals surface area contributed by atoms with Crippen LogP contribution in [0.4, 0.5) is 10.1 Å². The van der Waals surface area contributed by atoms with Gasteiger partial charge < -0.3 is 5.11 Å². The second kappa shape index (κ2) is 7.12. The van der Waals surface area contributed by atoms with Crippen molar-refractivity contribution in [3.05, 3.63) is 107 Å². The number of amides is 1. The summed E-state index contributed by atoms with van der Waals surface area (Å²) in [5, 5.41) is 10.9. The molecule has 1 saturated heterocycles. The Labute approximate surface area is 161 Å². The van der Waals surface area contributed by atoms with Gasteiger partial charge in [-0.15, -0.1) is 0 Å². The Morgan fingerprint density at radius 1 is 0.821 bits per heavy atom. The molecule has 1 fully saturated rings. The molecule has 4 rings (SSSR count). The first-order valence-corrected chi connectivity index (χ1v) is 8.75. The molecule has 5 heteroatoms. The van der Waals surface area contributed by atoms with Crippen LogP contribution in [-0.2, 0) is 9.59 Å². The number of Topliss-reactive ketones (excluding diaryl/α,β-unsaturated/α-hetero) is 1. The first-order valence-electron chi connectivity index (χ1n) is 8.75. The fourth-order valence-electron chi connectivity index (χ4n) is 3.40. The van der Waals surface area contributed by atoms with E-state index in [0.29, 0.717) is 16.8 Å². The number of rotatable bonds is 3. The van der Waals surface area contributed by atoms with Crippen molar-refractivity contribution in [2.75, 3.05) is 4.90 Å². The third-order valence-electron chi connectivity index (χ3n) is 4.71. The number of ketones is 1. The maximum absolute atomic E-state index is 13.4. The first kappa shape index (κ1) is 17.7. The Bertz CT molecular complexity index is 1060. The minimum atomic E-state index is -0.813. The summed E-state index contributed by atoms with van der Waals surface area (Å²) < 4.78 is 13.4. The Kier molecular flexibility index (Phi) is 4.49. The van der Waals surface area contributed by atoms with Gasteiger partial charge in [-0.3, -0.25) is 14.5 Å². The minimum Gasteiger partial charge on any atom is -0.507 e. The number of aliphatic hydroxyl groups excluding tert-OH is 1. The van der Waals surface area contributed by atoms with E-state index < -0.39 is 23.5 Å². The van der Waals surface area contributed by atoms with Crippen molar-refractivity contribution in [2.24, 2.45) is 0 Å². The maximum atomic E-state index is 13.4. The smallest absolute Gasteiger partial charge is 0.300 e. The topological polar surface area (TPSA) is 57.6 Å². The number of benzene rings is 3. The number of anilines is 1. The minimum absolute atomic E-state index is 0.00623. The van der Waals surface area contributed by atoms with Crippen molar-refractivity contribution in [1.29, 1.82) is 0 Å². The van der Waals surface area contributed by atoms with Crippen LogP contribution in [0.3, 0.4) is 0 Å². The Balaban J connectivity index is 1.94. The van der Waals surface area contributed by atoms with Crippen LogP contribution in [0.2, 0.25) is 0 Å². The van der Waals surface area contributed by atoms with E-state index in [1.165, 1.54) is 29.2 Å². The molecular weight excluding hydrogens is 357 g/mol. The fourth-order valence-corrected chi connectivity index (χ4v) is 3.40. The molecule has 0 bridgehead atoms. The molecular formula is C23H16FNO3. The Hall–Kier alpha value is -3.73. The zero-order valence-electron chi connectivity index (χ0n) is 14.7. The molecule has 1 aliphatic rings. The monoisotopic (exact) mass is 373 g/mol. The van der Waals surface area contributed by atoms with E-state index in [9.17, 15) is 19.1 Å². The molecule has 1 N–H and O–H groups in total. The number of hydrogen-bond acceptors (Lipinski definition) is 3. The fraction of sp³-hybridized carbons (Fsp3) is 0.0435. The highest BCUT2D eigenvalue weighted by atomic mass is 19.1. The predicted octanol–water partition coefficient (Wildman–Crippen LogP) is 4.45. The molecule has 3 aromatic carbocycles. The summed E-state index contributed by atoms with van der Waals surface area (Å²) >= 11 is 0. The second-order valence-electron chi connectivity index (χ2n) is 6.42. The van der Waals surface area contributed by atoms with Crippen molar-refractivity contribution >= 4 is 23.1 Å². The van der Waals surface area contributed by atoms with Gasteiger partial charge in [0.05, 0.1) is 11.6 Å². The first-order chi connectivity index (χ1) is 13.6. The van der Waals surface area contributed by atoms with Crippen molar-refractivity contribution in [2.45, 2.75) is 6.04 Å². The lowest BCUT2D eigenvalue weighted by molar-refractivity contribution is -0.132. The van der Waals surface area contributed by atoms with Crippen molar-refractivity contribution in [3.8, 4) is 0 Å². The standard InChI is InChI=1S/C23H16FNO3/c24-17-11-13-18(14-12-17)25-20(15-7-3-1-4-8-15)19(22(27)23(25)28)21(26)16-9-5-2-6-10-16/h1-14,20,26H/b21-19+/t20-/m1/s1. The van der Waals surface area contributed by atoms with Gasteiger partial charge in [-0.1, -0.05) is 60.7 Å². The lowest BCUT2D eigenvalue weighted by Crippen LogP contribution is -2.29. The molecule has 0 aliphatic carbocycles. The third-order valence-corrected chi connectivity index (χ3v) is 4.71. The molecule has 138 valence electrons. The second-order valence-corrected chi connectivity index (χ2v) is 6.42. The van der Waals surface area contributed by atoms with Crippen LogP contribution >= 0.6 is 0 Å². The van der Waals surface area contributed by atoms with Gasteiger partial charge in [-0.05, 0) is 29.8 Å². The quantitative estimate of drug-likeness (QED) is 0.419. The van der Waals surface area contributed by atoms with E-state index >= 15 is 0 Å². The predicted molar refractivity (Wildman–Crippen MR) is 104 cm³/mol. The zero-order chi connectivity index (χ0) is 19.7. The average molecular weight is 373 g/mol. The summed E-state index contributed by atoms with van der Waals surface area (Å²) in [6.45, 7) is 0. The van der Waals surface area contributed by atoms with E-state index in [1.54, 1.807) is 54.6 Å². The van der Waals surface area contributed by atoms with Gasteiger partial charge in [0.2, 0.25) is 0 Å². The van der Waals surface area contributed by atoms with Crippen LogP contribution in [-0.4, -0.2) is 16.8 Å². The SMILES string of the molecule is O=C1C(=O)N(c2ccc(F)cc2)[C@H](c2ccccc2)/C1=C(\O)c1ccccc1. The van der Waals surface area contributed by atoms with Crippen LogP contribution < -0.4 is 4.90 Å². The normalized spacial score (nSPS) is 18.5. The number of carbonyl (C=O) groups is 2. The molecule has 1 aliphatic heterocycles. The van der Waals surface area contributed by atoms with E-state index in [-0.39, 0.29) is 11.3 Å². The van der Waals surface area contributed by atoms with Crippen molar-refractivity contribution in [3.63, 3.8) is 0 Å². The molecule has 1 atom stereocenters. The summed E-state index contributed by atoms with van der Waals surface area (Å²) in [6, 6.07) is 22.1. The zero-order valence-corrected chi connectivity index (χ0v) is 14.7. The van der Waals surface area contributed by atoms with Crippen molar-refractivity contribution < 1.29 is 19.1 Å². The van der Waals surface area contributed by atoms with Gasteiger partial charge >= 0.3 is 0 Å². The highest BCUT2D eigenvalue weighted by Gasteiger charge is 2.46. The van der Waals surface area contributed by atoms with E-state index in [0.717, 1.165) is 0 Å². The van der Waals surface area contributed by atoms with E-state index in [4.69, 9.17) is 0 Å². The average Bonchev–Trinajstić information content (AvgIpc) is 3.00. The molecule has 4 nitrogen and oxygen atoms in total. The van der Waals surface area contributed by atoms with Crippen LogP contribution in [0.15, 0.2) is 90.5 Å². The van der Waals surface area contributed by atoms with Gasteiger partial charge in [0.15, 0.2) is 0 Å². The highest BCUT2D eigenvalue weighted by molar-refractivity contribution is 6.51. The molecule has 1 amide bonds. The number of halogens is 1.